The fraction of sp³-hybridized carbons (Fsp3) is 0.500. The second kappa shape index (κ2) is 2.82. The first kappa shape index (κ1) is 5.76. The second-order valence-corrected chi connectivity index (χ2v) is 2.33. The number of aromatic nitrogens is 1. The van der Waals surface area contributed by atoms with Crippen molar-refractivity contribution in [3.05, 3.63) is 16.6 Å². The zero-order valence-corrected chi connectivity index (χ0v) is 5.66. The van der Waals surface area contributed by atoms with Gasteiger partial charge in [0.25, 0.3) is 0 Å². The van der Waals surface area contributed by atoms with E-state index in [0.717, 1.165) is 6.42 Å². The van der Waals surface area contributed by atoms with Crippen LogP contribution >= 0.6 is 11.3 Å². The maximum Gasteiger partial charge on any atom is 0.152 e. The summed E-state index contributed by atoms with van der Waals surface area (Å²) in [4.78, 5) is 4.00. The average molecular weight is 126 g/mol. The minimum absolute atomic E-state index is 1.10. The van der Waals surface area contributed by atoms with E-state index in [9.17, 15) is 0 Å². The number of rotatable bonds is 2. The highest BCUT2D eigenvalue weighted by Crippen LogP contribution is 2.01. The molecule has 0 N–H and O–H groups in total. The Bertz CT molecular complexity index is 134. The Labute approximate surface area is 53.4 Å². The van der Waals surface area contributed by atoms with Crippen LogP contribution in [-0.2, 0) is 6.42 Å². The van der Waals surface area contributed by atoms with E-state index in [1.54, 1.807) is 11.3 Å². The molecule has 1 radical (unpaired) electrons. The standard InChI is InChI=1S/C6H8NS/c1-2-3-6-4-8-5-7-6/h4H,2-3H2,1H3. The van der Waals surface area contributed by atoms with E-state index in [1.807, 2.05) is 5.38 Å². The fourth-order valence-electron chi connectivity index (χ4n) is 0.577. The normalized spacial score (nSPS) is 9.62. The second-order valence-electron chi connectivity index (χ2n) is 1.68. The molecule has 43 valence electrons. The minimum atomic E-state index is 1.10. The maximum atomic E-state index is 4.00. The number of hydrogen-bond donors (Lipinski definition) is 0. The van der Waals surface area contributed by atoms with E-state index in [-0.39, 0.29) is 0 Å². The molecule has 1 aromatic rings. The first-order chi connectivity index (χ1) is 3.93. The Morgan fingerprint density at radius 1 is 1.88 bits per heavy atom. The molecule has 0 spiro atoms. The van der Waals surface area contributed by atoms with Crippen molar-refractivity contribution in [1.29, 1.82) is 0 Å². The van der Waals surface area contributed by atoms with Crippen molar-refractivity contribution in [2.24, 2.45) is 0 Å². The predicted molar refractivity (Wildman–Crippen MR) is 34.9 cm³/mol. The van der Waals surface area contributed by atoms with Gasteiger partial charge in [-0.2, -0.15) is 0 Å². The number of aryl methyl sites for hydroxylation is 1. The van der Waals surface area contributed by atoms with Gasteiger partial charge < -0.3 is 0 Å². The van der Waals surface area contributed by atoms with Gasteiger partial charge in [-0.15, -0.1) is 11.3 Å². The summed E-state index contributed by atoms with van der Waals surface area (Å²) in [5.41, 5.74) is 3.98. The molecule has 0 aliphatic carbocycles. The third-order valence-corrected chi connectivity index (χ3v) is 1.53. The van der Waals surface area contributed by atoms with E-state index in [0.29, 0.717) is 0 Å². The van der Waals surface area contributed by atoms with E-state index < -0.39 is 0 Å². The van der Waals surface area contributed by atoms with Crippen LogP contribution in [0.5, 0.6) is 0 Å². The molecule has 0 aliphatic rings. The summed E-state index contributed by atoms with van der Waals surface area (Å²) in [6, 6.07) is 0. The Balaban J connectivity index is 2.50. The van der Waals surface area contributed by atoms with Crippen LogP contribution in [0.15, 0.2) is 5.38 Å². The first-order valence-corrected chi connectivity index (χ1v) is 3.62. The monoisotopic (exact) mass is 126 g/mol. The molecule has 0 atom stereocenters. The first-order valence-electron chi connectivity index (χ1n) is 2.74. The van der Waals surface area contributed by atoms with Crippen LogP contribution in [0.2, 0.25) is 0 Å². The quantitative estimate of drug-likeness (QED) is 0.589. The Morgan fingerprint density at radius 3 is 3.25 bits per heavy atom. The van der Waals surface area contributed by atoms with Crippen molar-refractivity contribution >= 4 is 11.3 Å². The van der Waals surface area contributed by atoms with Crippen LogP contribution in [-0.4, -0.2) is 4.98 Å². The summed E-state index contributed by atoms with van der Waals surface area (Å²) < 4.78 is 0. The summed E-state index contributed by atoms with van der Waals surface area (Å²) in [5.74, 6) is 0. The van der Waals surface area contributed by atoms with Gasteiger partial charge >= 0.3 is 0 Å². The van der Waals surface area contributed by atoms with Crippen molar-refractivity contribution in [3.8, 4) is 0 Å². The molecule has 0 amide bonds. The highest BCUT2D eigenvalue weighted by molar-refractivity contribution is 7.07. The summed E-state index contributed by atoms with van der Waals surface area (Å²) in [6.07, 6.45) is 2.28. The molecule has 1 rings (SSSR count). The third kappa shape index (κ3) is 1.30. The van der Waals surface area contributed by atoms with E-state index in [4.69, 9.17) is 0 Å². The van der Waals surface area contributed by atoms with Crippen LogP contribution in [0.25, 0.3) is 0 Å². The van der Waals surface area contributed by atoms with Crippen molar-refractivity contribution in [3.63, 3.8) is 0 Å². The Morgan fingerprint density at radius 2 is 2.75 bits per heavy atom. The van der Waals surface area contributed by atoms with Crippen LogP contribution in [0.4, 0.5) is 0 Å². The highest BCUT2D eigenvalue weighted by Gasteiger charge is 1.89. The lowest BCUT2D eigenvalue weighted by Gasteiger charge is -1.84. The molecule has 1 nitrogen and oxygen atoms in total. The van der Waals surface area contributed by atoms with Gasteiger partial charge in [0.15, 0.2) is 5.51 Å². The number of nitrogens with zero attached hydrogens (tertiary/aromatic N) is 1. The van der Waals surface area contributed by atoms with Gasteiger partial charge in [0.05, 0.1) is 5.69 Å². The van der Waals surface area contributed by atoms with E-state index in [1.165, 1.54) is 12.1 Å². The SMILES string of the molecule is CCCc1cs[c]n1. The fourth-order valence-corrected chi connectivity index (χ4v) is 1.11. The van der Waals surface area contributed by atoms with Gasteiger partial charge in [-0.3, -0.25) is 0 Å². The largest absolute Gasteiger partial charge is 0.239 e. The van der Waals surface area contributed by atoms with Gasteiger partial charge in [0.2, 0.25) is 0 Å². The van der Waals surface area contributed by atoms with Crippen molar-refractivity contribution < 1.29 is 0 Å². The van der Waals surface area contributed by atoms with E-state index in [2.05, 4.69) is 17.4 Å². The molecule has 1 heterocycles. The molecule has 0 aromatic carbocycles. The molecular formula is C6H8NS. The lowest BCUT2D eigenvalue weighted by molar-refractivity contribution is 0.892. The van der Waals surface area contributed by atoms with Crippen LogP contribution in [0.3, 0.4) is 0 Å². The number of hydrogen-bond acceptors (Lipinski definition) is 2. The van der Waals surface area contributed by atoms with Gasteiger partial charge in [-0.25, -0.2) is 4.98 Å². The predicted octanol–water partition coefficient (Wildman–Crippen LogP) is 1.90. The summed E-state index contributed by atoms with van der Waals surface area (Å²) >= 11 is 1.54. The molecule has 1 aromatic heterocycles. The van der Waals surface area contributed by atoms with Gasteiger partial charge in [0, 0.05) is 5.38 Å². The van der Waals surface area contributed by atoms with Crippen molar-refractivity contribution in [1.82, 2.24) is 4.98 Å². The molecule has 0 saturated heterocycles. The molecule has 0 unspecified atom stereocenters. The van der Waals surface area contributed by atoms with Gasteiger partial charge in [0.1, 0.15) is 0 Å². The van der Waals surface area contributed by atoms with Crippen LogP contribution < -0.4 is 0 Å². The summed E-state index contributed by atoms with van der Waals surface area (Å²) in [5, 5.41) is 2.05. The summed E-state index contributed by atoms with van der Waals surface area (Å²) in [7, 11) is 0. The zero-order chi connectivity index (χ0) is 5.82. The maximum absolute atomic E-state index is 4.00. The minimum Gasteiger partial charge on any atom is -0.239 e. The van der Waals surface area contributed by atoms with Gasteiger partial charge in [-0.05, 0) is 6.42 Å². The smallest absolute Gasteiger partial charge is 0.152 e. The third-order valence-electron chi connectivity index (χ3n) is 0.943. The Hall–Kier alpha value is -0.370. The lowest BCUT2D eigenvalue weighted by Crippen LogP contribution is -1.79. The van der Waals surface area contributed by atoms with E-state index >= 15 is 0 Å². The van der Waals surface area contributed by atoms with Crippen molar-refractivity contribution in [2.45, 2.75) is 19.8 Å². The molecule has 0 aliphatic heterocycles. The highest BCUT2D eigenvalue weighted by atomic mass is 32.1. The number of thiazole rings is 1. The molecule has 2 heteroatoms. The zero-order valence-electron chi connectivity index (χ0n) is 4.85. The average Bonchev–Trinajstić information content (AvgIpc) is 2.19. The van der Waals surface area contributed by atoms with Gasteiger partial charge in [-0.1, -0.05) is 13.3 Å². The van der Waals surface area contributed by atoms with Crippen LogP contribution in [0.1, 0.15) is 19.0 Å². The summed E-state index contributed by atoms with van der Waals surface area (Å²) in [6.45, 7) is 2.15. The molecular weight excluding hydrogens is 118 g/mol. The van der Waals surface area contributed by atoms with Crippen molar-refractivity contribution in [2.75, 3.05) is 0 Å². The molecule has 0 fully saturated rings. The topological polar surface area (TPSA) is 12.9 Å². The lowest BCUT2D eigenvalue weighted by atomic mass is 10.3. The molecule has 0 bridgehead atoms. The molecule has 8 heavy (non-hydrogen) atoms. The van der Waals surface area contributed by atoms with Crippen LogP contribution in [0, 0.1) is 5.51 Å². The molecule has 0 saturated carbocycles. The Kier molecular flexibility index (Phi) is 2.03.